The van der Waals surface area contributed by atoms with Gasteiger partial charge in [0.05, 0.1) is 0 Å². The SMILES string of the molecule is CC.CC(C)c1ccn2ccccc12. The van der Waals surface area contributed by atoms with Crippen molar-refractivity contribution in [1.29, 1.82) is 0 Å². The zero-order chi connectivity index (χ0) is 10.6. The lowest BCUT2D eigenvalue weighted by atomic mass is 10.1. The molecule has 0 bridgehead atoms. The van der Waals surface area contributed by atoms with Crippen LogP contribution in [0.25, 0.3) is 5.52 Å². The summed E-state index contributed by atoms with van der Waals surface area (Å²) in [6, 6.07) is 8.49. The van der Waals surface area contributed by atoms with Crippen LogP contribution in [-0.4, -0.2) is 4.40 Å². The van der Waals surface area contributed by atoms with E-state index in [1.54, 1.807) is 0 Å². The average Bonchev–Trinajstić information content (AvgIpc) is 2.64. The van der Waals surface area contributed by atoms with E-state index in [0.717, 1.165) is 0 Å². The number of hydrogen-bond donors (Lipinski definition) is 0. The topological polar surface area (TPSA) is 4.41 Å². The van der Waals surface area contributed by atoms with Crippen molar-refractivity contribution in [2.75, 3.05) is 0 Å². The van der Waals surface area contributed by atoms with Crippen molar-refractivity contribution < 1.29 is 0 Å². The molecule has 0 N–H and O–H groups in total. The van der Waals surface area contributed by atoms with Crippen LogP contribution in [0.2, 0.25) is 0 Å². The van der Waals surface area contributed by atoms with Crippen LogP contribution in [0.5, 0.6) is 0 Å². The maximum Gasteiger partial charge on any atom is 0.0484 e. The molecule has 1 heteroatoms. The van der Waals surface area contributed by atoms with Gasteiger partial charge in [-0.15, -0.1) is 0 Å². The van der Waals surface area contributed by atoms with Gasteiger partial charge in [-0.05, 0) is 29.7 Å². The third kappa shape index (κ3) is 1.98. The van der Waals surface area contributed by atoms with Crippen LogP contribution in [0.15, 0.2) is 36.7 Å². The molecule has 0 fully saturated rings. The minimum absolute atomic E-state index is 0.609. The van der Waals surface area contributed by atoms with Crippen LogP contribution in [0.3, 0.4) is 0 Å². The van der Waals surface area contributed by atoms with Gasteiger partial charge >= 0.3 is 0 Å². The standard InChI is InChI=1S/C11H13N.C2H6/c1-9(2)10-6-8-12-7-4-3-5-11(10)12;1-2/h3-9H,1-2H3;1-2H3. The predicted molar refractivity (Wildman–Crippen MR) is 62.8 cm³/mol. The highest BCUT2D eigenvalue weighted by Gasteiger charge is 2.03. The molecule has 0 saturated carbocycles. The van der Waals surface area contributed by atoms with E-state index in [4.69, 9.17) is 0 Å². The second-order valence-electron chi connectivity index (χ2n) is 3.42. The maximum absolute atomic E-state index is 2.22. The fourth-order valence-electron chi connectivity index (χ4n) is 1.56. The van der Waals surface area contributed by atoms with Crippen molar-refractivity contribution in [1.82, 2.24) is 4.40 Å². The summed E-state index contributed by atoms with van der Waals surface area (Å²) in [7, 11) is 0. The van der Waals surface area contributed by atoms with Gasteiger partial charge in [-0.2, -0.15) is 0 Å². The molecule has 2 rings (SSSR count). The van der Waals surface area contributed by atoms with Gasteiger partial charge in [-0.1, -0.05) is 33.8 Å². The molecule has 0 aliphatic carbocycles. The van der Waals surface area contributed by atoms with Gasteiger partial charge in [0, 0.05) is 17.9 Å². The van der Waals surface area contributed by atoms with Gasteiger partial charge in [0.2, 0.25) is 0 Å². The van der Waals surface area contributed by atoms with Crippen LogP contribution in [-0.2, 0) is 0 Å². The van der Waals surface area contributed by atoms with Gasteiger partial charge in [0.1, 0.15) is 0 Å². The minimum atomic E-state index is 0.609. The first-order chi connectivity index (χ1) is 6.79. The zero-order valence-corrected chi connectivity index (χ0v) is 9.49. The normalized spacial score (nSPS) is 10.1. The second-order valence-corrected chi connectivity index (χ2v) is 3.42. The van der Waals surface area contributed by atoms with E-state index in [0.29, 0.717) is 5.92 Å². The molecule has 0 atom stereocenters. The monoisotopic (exact) mass is 189 g/mol. The number of hydrogen-bond acceptors (Lipinski definition) is 0. The molecule has 0 unspecified atom stereocenters. The summed E-state index contributed by atoms with van der Waals surface area (Å²) in [4.78, 5) is 0. The van der Waals surface area contributed by atoms with Gasteiger partial charge < -0.3 is 4.40 Å². The van der Waals surface area contributed by atoms with E-state index in [-0.39, 0.29) is 0 Å². The fourth-order valence-corrected chi connectivity index (χ4v) is 1.56. The molecule has 76 valence electrons. The van der Waals surface area contributed by atoms with Gasteiger partial charge in [0.25, 0.3) is 0 Å². The Bertz CT molecular complexity index is 385. The van der Waals surface area contributed by atoms with Crippen LogP contribution in [0.1, 0.15) is 39.2 Å². The Labute approximate surface area is 86.4 Å². The van der Waals surface area contributed by atoms with Crippen molar-refractivity contribution in [3.8, 4) is 0 Å². The fraction of sp³-hybridized carbons (Fsp3) is 0.385. The average molecular weight is 189 g/mol. The molecule has 14 heavy (non-hydrogen) atoms. The summed E-state index contributed by atoms with van der Waals surface area (Å²) in [6.07, 6.45) is 4.20. The number of aromatic nitrogens is 1. The van der Waals surface area contributed by atoms with Crippen LogP contribution < -0.4 is 0 Å². The van der Waals surface area contributed by atoms with Crippen molar-refractivity contribution in [3.63, 3.8) is 0 Å². The third-order valence-electron chi connectivity index (χ3n) is 2.22. The molecular formula is C13H19N. The van der Waals surface area contributed by atoms with Gasteiger partial charge in [-0.3, -0.25) is 0 Å². The summed E-state index contributed by atoms with van der Waals surface area (Å²) in [5.74, 6) is 0.609. The Morgan fingerprint density at radius 3 is 2.36 bits per heavy atom. The lowest BCUT2D eigenvalue weighted by molar-refractivity contribution is 0.877. The molecule has 1 nitrogen and oxygen atoms in total. The summed E-state index contributed by atoms with van der Waals surface area (Å²) in [5, 5.41) is 0. The number of pyridine rings is 1. The van der Waals surface area contributed by atoms with E-state index in [1.807, 2.05) is 13.8 Å². The van der Waals surface area contributed by atoms with E-state index in [9.17, 15) is 0 Å². The number of rotatable bonds is 1. The van der Waals surface area contributed by atoms with Crippen molar-refractivity contribution >= 4 is 5.52 Å². The van der Waals surface area contributed by atoms with E-state index in [1.165, 1.54) is 11.1 Å². The van der Waals surface area contributed by atoms with Crippen molar-refractivity contribution in [2.45, 2.75) is 33.6 Å². The number of fused-ring (bicyclic) bond motifs is 1. The predicted octanol–water partition coefficient (Wildman–Crippen LogP) is 4.09. The van der Waals surface area contributed by atoms with E-state index in [2.05, 4.69) is 54.9 Å². The summed E-state index contributed by atoms with van der Waals surface area (Å²) < 4.78 is 2.16. The molecule has 0 spiro atoms. The molecule has 0 aliphatic rings. The van der Waals surface area contributed by atoms with Gasteiger partial charge in [0.15, 0.2) is 0 Å². The molecular weight excluding hydrogens is 170 g/mol. The lowest BCUT2D eigenvalue weighted by Crippen LogP contribution is -1.86. The smallest absolute Gasteiger partial charge is 0.0484 e. The Morgan fingerprint density at radius 1 is 1.00 bits per heavy atom. The first kappa shape index (κ1) is 10.8. The first-order valence-corrected chi connectivity index (χ1v) is 5.34. The molecule has 0 saturated heterocycles. The first-order valence-electron chi connectivity index (χ1n) is 5.34. The molecule has 2 heterocycles. The molecule has 0 aliphatic heterocycles. The quantitative estimate of drug-likeness (QED) is 0.636. The maximum atomic E-state index is 2.22. The van der Waals surface area contributed by atoms with Crippen LogP contribution in [0.4, 0.5) is 0 Å². The largest absolute Gasteiger partial charge is 0.324 e. The molecule has 2 aromatic rings. The molecule has 2 aromatic heterocycles. The highest BCUT2D eigenvalue weighted by atomic mass is 14.8. The number of nitrogens with zero attached hydrogens (tertiary/aromatic N) is 1. The van der Waals surface area contributed by atoms with Crippen LogP contribution >= 0.6 is 0 Å². The van der Waals surface area contributed by atoms with Crippen molar-refractivity contribution in [3.05, 3.63) is 42.2 Å². The Kier molecular flexibility index (Phi) is 3.75. The molecule has 0 radical (unpaired) electrons. The minimum Gasteiger partial charge on any atom is -0.324 e. The van der Waals surface area contributed by atoms with Gasteiger partial charge in [-0.25, -0.2) is 0 Å². The summed E-state index contributed by atoms with van der Waals surface area (Å²) in [6.45, 7) is 8.45. The Balaban J connectivity index is 0.000000461. The molecule has 0 aromatic carbocycles. The third-order valence-corrected chi connectivity index (χ3v) is 2.22. The van der Waals surface area contributed by atoms with Crippen molar-refractivity contribution in [2.24, 2.45) is 0 Å². The lowest BCUT2D eigenvalue weighted by Gasteiger charge is -2.02. The summed E-state index contributed by atoms with van der Waals surface area (Å²) in [5.41, 5.74) is 2.75. The Hall–Kier alpha value is -1.24. The zero-order valence-electron chi connectivity index (χ0n) is 9.49. The van der Waals surface area contributed by atoms with E-state index >= 15 is 0 Å². The molecule has 0 amide bonds. The van der Waals surface area contributed by atoms with Crippen LogP contribution in [0, 0.1) is 0 Å². The highest BCUT2D eigenvalue weighted by molar-refractivity contribution is 5.56. The second kappa shape index (κ2) is 4.85. The van der Waals surface area contributed by atoms with E-state index < -0.39 is 0 Å². The summed E-state index contributed by atoms with van der Waals surface area (Å²) >= 11 is 0. The Morgan fingerprint density at radius 2 is 1.71 bits per heavy atom. The highest BCUT2D eigenvalue weighted by Crippen LogP contribution is 2.20.